The van der Waals surface area contributed by atoms with Gasteiger partial charge in [0.2, 0.25) is 12.1 Å². The van der Waals surface area contributed by atoms with Crippen LogP contribution in [0.1, 0.15) is 38.8 Å². The molecule has 1 aliphatic heterocycles. The van der Waals surface area contributed by atoms with Gasteiger partial charge in [-0.25, -0.2) is 9.48 Å². The van der Waals surface area contributed by atoms with Gasteiger partial charge in [0.15, 0.2) is 11.9 Å². The summed E-state index contributed by atoms with van der Waals surface area (Å²) < 4.78 is 37.9. The molecule has 17 heteroatoms. The van der Waals surface area contributed by atoms with Gasteiger partial charge in [-0.05, 0) is 31.4 Å². The van der Waals surface area contributed by atoms with Crippen molar-refractivity contribution in [3.63, 3.8) is 0 Å². The first-order chi connectivity index (χ1) is 17.7. The van der Waals surface area contributed by atoms with E-state index in [1.165, 1.54) is 10.9 Å². The van der Waals surface area contributed by atoms with Crippen molar-refractivity contribution in [3.05, 3.63) is 11.5 Å². The van der Waals surface area contributed by atoms with Crippen LogP contribution in [0.2, 0.25) is 5.28 Å². The molecule has 0 bridgehead atoms. The third-order valence-corrected chi connectivity index (χ3v) is 7.12. The molecular weight excluding hydrogens is 537 g/mol. The van der Waals surface area contributed by atoms with E-state index in [4.69, 9.17) is 21.1 Å². The van der Waals surface area contributed by atoms with Gasteiger partial charge in [0, 0.05) is 6.04 Å². The van der Waals surface area contributed by atoms with Gasteiger partial charge >= 0.3 is 13.8 Å². The number of carbonyl (C=O) groups is 1. The van der Waals surface area contributed by atoms with Crippen LogP contribution in [0.25, 0.3) is 11.0 Å². The molecule has 1 saturated carbocycles. The van der Waals surface area contributed by atoms with Gasteiger partial charge in [0.1, 0.15) is 30.5 Å². The molecular formula is C20H29ClN5O10P. The minimum absolute atomic E-state index is 0.0201. The summed E-state index contributed by atoms with van der Waals surface area (Å²) in [5, 5.41) is 29.3. The molecule has 15 nitrogen and oxygen atoms in total. The number of nitrogens with one attached hydrogen (secondary N) is 1. The Balaban J connectivity index is 1.36. The molecule has 2 fully saturated rings. The van der Waals surface area contributed by atoms with Gasteiger partial charge in [0.25, 0.3) is 0 Å². The summed E-state index contributed by atoms with van der Waals surface area (Å²) in [5.41, 5.74) is 0.299. The second-order valence-corrected chi connectivity index (χ2v) is 10.7. The molecule has 3 heterocycles. The van der Waals surface area contributed by atoms with Crippen LogP contribution in [0.4, 0.5) is 10.6 Å². The fourth-order valence-corrected chi connectivity index (χ4v) is 4.96. The van der Waals surface area contributed by atoms with E-state index >= 15 is 0 Å². The Morgan fingerprint density at radius 1 is 1.27 bits per heavy atom. The Labute approximate surface area is 216 Å². The Morgan fingerprint density at radius 3 is 2.76 bits per heavy atom. The molecule has 1 aliphatic carbocycles. The van der Waals surface area contributed by atoms with Crippen LogP contribution in [-0.2, 0) is 28.0 Å². The predicted molar refractivity (Wildman–Crippen MR) is 127 cm³/mol. The maximum Gasteiger partial charge on any atom is 0.510 e. The van der Waals surface area contributed by atoms with Crippen LogP contribution >= 0.6 is 19.2 Å². The normalized spacial score (nSPS) is 25.9. The minimum atomic E-state index is -4.29. The minimum Gasteiger partial charge on any atom is -0.435 e. The zero-order chi connectivity index (χ0) is 26.6. The van der Waals surface area contributed by atoms with Crippen LogP contribution in [-0.4, -0.2) is 91.7 Å². The zero-order valence-electron chi connectivity index (χ0n) is 19.9. The van der Waals surface area contributed by atoms with Crippen molar-refractivity contribution in [2.45, 2.75) is 63.2 Å². The first-order valence-electron chi connectivity index (χ1n) is 11.7. The number of nitrogens with zero attached hydrogens (tertiary/aromatic N) is 4. The van der Waals surface area contributed by atoms with E-state index in [0.717, 1.165) is 25.7 Å². The molecule has 4 N–H and O–H groups in total. The van der Waals surface area contributed by atoms with Gasteiger partial charge in [-0.3, -0.25) is 9.09 Å². The van der Waals surface area contributed by atoms with Crippen molar-refractivity contribution in [3.8, 4) is 0 Å². The lowest BCUT2D eigenvalue weighted by molar-refractivity contribution is -0.0668. The lowest BCUT2D eigenvalue weighted by atomic mass is 10.1. The van der Waals surface area contributed by atoms with E-state index < -0.39 is 51.4 Å². The van der Waals surface area contributed by atoms with Crippen LogP contribution in [0.15, 0.2) is 6.20 Å². The van der Waals surface area contributed by atoms with Crippen molar-refractivity contribution in [1.82, 2.24) is 19.7 Å². The van der Waals surface area contributed by atoms with Crippen LogP contribution in [0.5, 0.6) is 0 Å². The lowest BCUT2D eigenvalue weighted by Crippen LogP contribution is -2.34. The smallest absolute Gasteiger partial charge is 0.435 e. The van der Waals surface area contributed by atoms with Crippen molar-refractivity contribution < 1.29 is 47.9 Å². The molecule has 0 aromatic carbocycles. The number of anilines is 1. The fourth-order valence-electron chi connectivity index (χ4n) is 4.17. The molecule has 2 aromatic rings. The summed E-state index contributed by atoms with van der Waals surface area (Å²) in [5.74, 6) is 0.520. The Hall–Kier alpha value is -2.10. The fraction of sp³-hybridized carbons (Fsp3) is 0.700. The van der Waals surface area contributed by atoms with Gasteiger partial charge in [-0.1, -0.05) is 12.8 Å². The molecule has 0 radical (unpaired) electrons. The summed E-state index contributed by atoms with van der Waals surface area (Å²) >= 11 is 6.15. The van der Waals surface area contributed by atoms with Gasteiger partial charge in [-0.15, -0.1) is 0 Å². The number of hydrogen-bond acceptors (Lipinski definition) is 13. The second kappa shape index (κ2) is 12.2. The lowest BCUT2D eigenvalue weighted by Gasteiger charge is -2.17. The van der Waals surface area contributed by atoms with E-state index in [2.05, 4.69) is 34.4 Å². The number of rotatable bonds is 11. The third kappa shape index (κ3) is 6.86. The van der Waals surface area contributed by atoms with E-state index in [9.17, 15) is 24.5 Å². The largest absolute Gasteiger partial charge is 0.510 e. The number of hydrogen-bond donors (Lipinski definition) is 4. The number of carbonyl (C=O) groups excluding carboxylic acids is 1. The summed E-state index contributed by atoms with van der Waals surface area (Å²) in [6.07, 6.45) is -1.04. The SMILES string of the molecule is CCOC(=O)OCOP(=O)(O)COC[C@H]1O[C@@H](n2ncc3c(NC4CCCC4)nc(Cl)nc32)[C@H](O)[C@@H]1O. The highest BCUT2D eigenvalue weighted by Gasteiger charge is 2.45. The topological polar surface area (TPSA) is 197 Å². The standard InChI is InChI=1S/C20H29ClN5O10P/c1-2-33-20(29)34-9-35-37(30,31)10-32-8-13-14(27)15(28)18(36-13)26-17-12(7-22-26)16(24-19(21)25-17)23-11-5-3-4-6-11/h7,11,13-15,18,27-28H,2-6,8-10H2,1H3,(H,30,31)(H,23,24,25)/t13-,14-,15-,18-/m1/s1. The molecule has 4 rings (SSSR count). The summed E-state index contributed by atoms with van der Waals surface area (Å²) in [6.45, 7) is 0.470. The molecule has 1 saturated heterocycles. The zero-order valence-corrected chi connectivity index (χ0v) is 21.6. The molecule has 37 heavy (non-hydrogen) atoms. The third-order valence-electron chi connectivity index (χ3n) is 5.93. The van der Waals surface area contributed by atoms with Crippen molar-refractivity contribution >= 4 is 42.2 Å². The number of aromatic nitrogens is 4. The highest BCUT2D eigenvalue weighted by Crippen LogP contribution is 2.42. The Morgan fingerprint density at radius 2 is 2.03 bits per heavy atom. The Bertz CT molecular complexity index is 1130. The predicted octanol–water partition coefficient (Wildman–Crippen LogP) is 1.76. The van der Waals surface area contributed by atoms with Gasteiger partial charge in [-0.2, -0.15) is 15.1 Å². The number of aliphatic hydroxyl groups is 2. The average molecular weight is 566 g/mol. The first-order valence-corrected chi connectivity index (χ1v) is 13.8. The summed E-state index contributed by atoms with van der Waals surface area (Å²) in [7, 11) is -4.29. The van der Waals surface area contributed by atoms with Crippen molar-refractivity contribution in [2.24, 2.45) is 0 Å². The van der Waals surface area contributed by atoms with E-state index in [1.807, 2.05) is 0 Å². The highest BCUT2D eigenvalue weighted by atomic mass is 35.5. The van der Waals surface area contributed by atoms with E-state index in [1.54, 1.807) is 6.92 Å². The molecule has 0 spiro atoms. The monoisotopic (exact) mass is 565 g/mol. The quantitative estimate of drug-likeness (QED) is 0.133. The van der Waals surface area contributed by atoms with Crippen molar-refractivity contribution in [2.75, 3.05) is 31.7 Å². The van der Waals surface area contributed by atoms with Crippen molar-refractivity contribution in [1.29, 1.82) is 0 Å². The number of halogens is 1. The number of ether oxygens (including phenoxy) is 4. The maximum atomic E-state index is 12.0. The molecule has 2 aromatic heterocycles. The molecule has 1 unspecified atom stereocenters. The van der Waals surface area contributed by atoms with Crippen LogP contribution in [0.3, 0.4) is 0 Å². The summed E-state index contributed by atoms with van der Waals surface area (Å²) in [4.78, 5) is 29.4. The van der Waals surface area contributed by atoms with E-state index in [-0.39, 0.29) is 24.5 Å². The average Bonchev–Trinajstić information content (AvgIpc) is 3.56. The van der Waals surface area contributed by atoms with Crippen LogP contribution in [0, 0.1) is 0 Å². The molecule has 5 atom stereocenters. The molecule has 2 aliphatic rings. The van der Waals surface area contributed by atoms with Gasteiger partial charge in [0.05, 0.1) is 24.8 Å². The second-order valence-electron chi connectivity index (χ2n) is 8.55. The highest BCUT2D eigenvalue weighted by molar-refractivity contribution is 7.52. The first kappa shape index (κ1) is 27.9. The molecule has 206 valence electrons. The number of aliphatic hydroxyl groups excluding tert-OH is 2. The van der Waals surface area contributed by atoms with Gasteiger partial charge < -0.3 is 39.4 Å². The molecule has 0 amide bonds. The number of fused-ring (bicyclic) bond motifs is 1. The maximum absolute atomic E-state index is 12.0. The van der Waals surface area contributed by atoms with Crippen LogP contribution < -0.4 is 5.32 Å². The Kier molecular flexibility index (Phi) is 9.19. The van der Waals surface area contributed by atoms with E-state index in [0.29, 0.717) is 16.9 Å². The summed E-state index contributed by atoms with van der Waals surface area (Å²) in [6, 6.07) is 0.261.